The molecule has 0 aliphatic rings. The summed E-state index contributed by atoms with van der Waals surface area (Å²) in [4.78, 5) is 10.8. The number of rotatable bonds is 7. The smallest absolute Gasteiger partial charge is 0.310 e. The van der Waals surface area contributed by atoms with Gasteiger partial charge in [-0.2, -0.15) is 0 Å². The maximum atomic E-state index is 10.8. The minimum absolute atomic E-state index is 0.180. The average molecular weight is 210 g/mol. The van der Waals surface area contributed by atoms with Crippen molar-refractivity contribution in [1.82, 2.24) is 0 Å². The van der Waals surface area contributed by atoms with Crippen LogP contribution in [0.15, 0.2) is 24.5 Å². The monoisotopic (exact) mass is 210 g/mol. The first kappa shape index (κ1) is 13.9. The molecule has 1 unspecified atom stereocenters. The predicted octanol–water partition coefficient (Wildman–Crippen LogP) is 3.84. The maximum absolute atomic E-state index is 10.8. The summed E-state index contributed by atoms with van der Waals surface area (Å²) in [5.41, 5.74) is 1.23. The summed E-state index contributed by atoms with van der Waals surface area (Å²) >= 11 is 0. The summed E-state index contributed by atoms with van der Waals surface area (Å²) in [7, 11) is 0. The van der Waals surface area contributed by atoms with E-state index in [4.69, 9.17) is 4.74 Å². The molecule has 0 radical (unpaired) electrons. The molecule has 0 aliphatic heterocycles. The van der Waals surface area contributed by atoms with Crippen molar-refractivity contribution >= 4 is 5.97 Å². The van der Waals surface area contributed by atoms with Crippen molar-refractivity contribution in [1.29, 1.82) is 0 Å². The van der Waals surface area contributed by atoms with E-state index in [0.717, 1.165) is 19.3 Å². The van der Waals surface area contributed by atoms with Gasteiger partial charge in [-0.1, -0.05) is 19.4 Å². The first-order chi connectivity index (χ1) is 7.06. The Labute approximate surface area is 93.0 Å². The minimum Gasteiger partial charge on any atom is -0.435 e. The number of carbonyl (C=O) groups excluding carboxylic acids is 1. The van der Waals surface area contributed by atoms with Crippen LogP contribution in [0.2, 0.25) is 0 Å². The summed E-state index contributed by atoms with van der Waals surface area (Å²) in [5.74, 6) is 0.430. The van der Waals surface area contributed by atoms with Crippen molar-refractivity contribution in [3.05, 3.63) is 24.5 Å². The minimum atomic E-state index is -0.180. The molecule has 0 aliphatic carbocycles. The van der Waals surface area contributed by atoms with Crippen LogP contribution >= 0.6 is 0 Å². The van der Waals surface area contributed by atoms with Crippen LogP contribution in [0.25, 0.3) is 0 Å². The van der Waals surface area contributed by atoms with Gasteiger partial charge in [0.25, 0.3) is 0 Å². The van der Waals surface area contributed by atoms with Crippen LogP contribution in [0, 0.1) is 5.92 Å². The van der Waals surface area contributed by atoms with E-state index in [1.807, 2.05) is 13.0 Å². The second kappa shape index (κ2) is 8.27. The fourth-order valence-corrected chi connectivity index (χ4v) is 1.11. The first-order valence-corrected chi connectivity index (χ1v) is 5.55. The van der Waals surface area contributed by atoms with Gasteiger partial charge in [0, 0.05) is 6.42 Å². The molecule has 2 heteroatoms. The van der Waals surface area contributed by atoms with E-state index in [2.05, 4.69) is 13.5 Å². The number of hydrogen-bond acceptors (Lipinski definition) is 2. The SMILES string of the molecule is C=C(C)CCC(C)C/C=C/OC(=O)CC. The van der Waals surface area contributed by atoms with Crippen molar-refractivity contribution in [2.45, 2.75) is 46.5 Å². The number of esters is 1. The molecule has 0 fully saturated rings. The number of ether oxygens (including phenoxy) is 1. The molecule has 0 aromatic heterocycles. The van der Waals surface area contributed by atoms with Crippen LogP contribution < -0.4 is 0 Å². The topological polar surface area (TPSA) is 26.3 Å². The normalized spacial score (nSPS) is 12.7. The van der Waals surface area contributed by atoms with Gasteiger partial charge in [0.05, 0.1) is 6.26 Å². The van der Waals surface area contributed by atoms with E-state index < -0.39 is 0 Å². The lowest BCUT2D eigenvalue weighted by atomic mass is 9.99. The zero-order chi connectivity index (χ0) is 11.7. The third-order valence-corrected chi connectivity index (χ3v) is 2.19. The van der Waals surface area contributed by atoms with Crippen LogP contribution in [-0.2, 0) is 9.53 Å². The molecule has 0 rings (SSSR count). The Morgan fingerprint density at radius 2 is 2.20 bits per heavy atom. The Kier molecular flexibility index (Phi) is 7.69. The fraction of sp³-hybridized carbons (Fsp3) is 0.615. The Balaban J connectivity index is 3.56. The van der Waals surface area contributed by atoms with E-state index in [1.165, 1.54) is 11.8 Å². The standard InChI is InChI=1S/C13H22O2/c1-5-13(14)15-10-6-7-12(4)9-8-11(2)3/h6,10,12H,2,5,7-9H2,1,3-4H3/b10-6+. The third kappa shape index (κ3) is 9.26. The Morgan fingerprint density at radius 1 is 1.53 bits per heavy atom. The van der Waals surface area contributed by atoms with Gasteiger partial charge in [-0.05, 0) is 38.2 Å². The quantitative estimate of drug-likeness (QED) is 0.362. The molecule has 2 nitrogen and oxygen atoms in total. The molecule has 0 aromatic rings. The van der Waals surface area contributed by atoms with Crippen LogP contribution in [0.3, 0.4) is 0 Å². The van der Waals surface area contributed by atoms with E-state index >= 15 is 0 Å². The fourth-order valence-electron chi connectivity index (χ4n) is 1.11. The highest BCUT2D eigenvalue weighted by Crippen LogP contribution is 2.14. The zero-order valence-electron chi connectivity index (χ0n) is 10.1. The van der Waals surface area contributed by atoms with Crippen LogP contribution in [0.5, 0.6) is 0 Å². The van der Waals surface area contributed by atoms with Crippen molar-refractivity contribution in [3.63, 3.8) is 0 Å². The zero-order valence-corrected chi connectivity index (χ0v) is 10.1. The molecule has 0 bridgehead atoms. The van der Waals surface area contributed by atoms with E-state index in [9.17, 15) is 4.79 Å². The van der Waals surface area contributed by atoms with Crippen LogP contribution in [0.1, 0.15) is 46.5 Å². The number of carbonyl (C=O) groups is 1. The highest BCUT2D eigenvalue weighted by atomic mass is 16.5. The van der Waals surface area contributed by atoms with E-state index in [1.54, 1.807) is 6.92 Å². The molecule has 0 aromatic carbocycles. The predicted molar refractivity (Wildman–Crippen MR) is 63.4 cm³/mol. The van der Waals surface area contributed by atoms with Gasteiger partial charge in [0.15, 0.2) is 0 Å². The lowest BCUT2D eigenvalue weighted by Gasteiger charge is -2.07. The van der Waals surface area contributed by atoms with Gasteiger partial charge in [0.1, 0.15) is 0 Å². The molecule has 0 heterocycles. The largest absolute Gasteiger partial charge is 0.435 e. The molecule has 0 spiro atoms. The van der Waals surface area contributed by atoms with Gasteiger partial charge >= 0.3 is 5.97 Å². The molecule has 86 valence electrons. The van der Waals surface area contributed by atoms with Gasteiger partial charge < -0.3 is 4.74 Å². The average Bonchev–Trinajstić information content (AvgIpc) is 2.21. The van der Waals surface area contributed by atoms with Crippen molar-refractivity contribution in [2.75, 3.05) is 0 Å². The highest BCUT2D eigenvalue weighted by Gasteiger charge is 1.99. The Morgan fingerprint density at radius 3 is 2.73 bits per heavy atom. The van der Waals surface area contributed by atoms with Crippen LogP contribution in [0.4, 0.5) is 0 Å². The Hall–Kier alpha value is -1.05. The molecule has 1 atom stereocenters. The molecular weight excluding hydrogens is 188 g/mol. The molecule has 0 N–H and O–H groups in total. The summed E-state index contributed by atoms with van der Waals surface area (Å²) < 4.78 is 4.83. The van der Waals surface area contributed by atoms with Crippen molar-refractivity contribution in [3.8, 4) is 0 Å². The number of allylic oxidation sites excluding steroid dienone is 2. The molecule has 0 amide bonds. The van der Waals surface area contributed by atoms with Gasteiger partial charge in [0.2, 0.25) is 0 Å². The molecule has 0 saturated carbocycles. The van der Waals surface area contributed by atoms with E-state index in [-0.39, 0.29) is 5.97 Å². The van der Waals surface area contributed by atoms with Crippen molar-refractivity contribution in [2.24, 2.45) is 5.92 Å². The lowest BCUT2D eigenvalue weighted by Crippen LogP contribution is -1.96. The maximum Gasteiger partial charge on any atom is 0.310 e. The molecular formula is C13H22O2. The lowest BCUT2D eigenvalue weighted by molar-refractivity contribution is -0.137. The summed E-state index contributed by atoms with van der Waals surface area (Å²) in [6.45, 7) is 9.89. The van der Waals surface area contributed by atoms with Crippen LogP contribution in [-0.4, -0.2) is 5.97 Å². The van der Waals surface area contributed by atoms with Gasteiger partial charge in [-0.15, -0.1) is 6.58 Å². The van der Waals surface area contributed by atoms with Crippen molar-refractivity contribution < 1.29 is 9.53 Å². The number of hydrogen-bond donors (Lipinski definition) is 0. The van der Waals surface area contributed by atoms with Gasteiger partial charge in [-0.3, -0.25) is 4.79 Å². The second-order valence-electron chi connectivity index (χ2n) is 4.05. The second-order valence-corrected chi connectivity index (χ2v) is 4.05. The summed E-state index contributed by atoms with van der Waals surface area (Å²) in [5, 5.41) is 0. The molecule has 0 saturated heterocycles. The molecule has 15 heavy (non-hydrogen) atoms. The summed E-state index contributed by atoms with van der Waals surface area (Å²) in [6.07, 6.45) is 7.00. The third-order valence-electron chi connectivity index (χ3n) is 2.19. The summed E-state index contributed by atoms with van der Waals surface area (Å²) in [6, 6.07) is 0. The Bertz CT molecular complexity index is 229. The van der Waals surface area contributed by atoms with Gasteiger partial charge in [-0.25, -0.2) is 0 Å². The van der Waals surface area contributed by atoms with E-state index in [0.29, 0.717) is 12.3 Å². The highest BCUT2D eigenvalue weighted by molar-refractivity contribution is 5.69. The first-order valence-electron chi connectivity index (χ1n) is 5.55.